The highest BCUT2D eigenvalue weighted by atomic mass is 32.2. The van der Waals surface area contributed by atoms with Crippen LogP contribution in [0.25, 0.3) is 0 Å². The molecule has 2 rings (SSSR count). The third kappa shape index (κ3) is 3.16. The van der Waals surface area contributed by atoms with Gasteiger partial charge in [-0.05, 0) is 50.0 Å². The first-order chi connectivity index (χ1) is 9.07. The van der Waals surface area contributed by atoms with Crippen molar-refractivity contribution >= 4 is 10.0 Å². The minimum absolute atomic E-state index is 0.425. The van der Waals surface area contributed by atoms with Crippen molar-refractivity contribution in [3.8, 4) is 0 Å². The van der Waals surface area contributed by atoms with Gasteiger partial charge in [0.05, 0.1) is 4.90 Å². The van der Waals surface area contributed by atoms with Gasteiger partial charge in [-0.2, -0.15) is 4.31 Å². The molecule has 5 heteroatoms. The number of sulfonamides is 1. The number of benzene rings is 1. The minimum Gasteiger partial charge on any atom is -0.319 e. The first-order valence-corrected chi connectivity index (χ1v) is 8.25. The van der Waals surface area contributed by atoms with Gasteiger partial charge in [-0.1, -0.05) is 19.1 Å². The topological polar surface area (TPSA) is 49.4 Å². The van der Waals surface area contributed by atoms with E-state index in [9.17, 15) is 8.42 Å². The van der Waals surface area contributed by atoms with Gasteiger partial charge in [0.1, 0.15) is 0 Å². The molecule has 1 heterocycles. The molecule has 0 amide bonds. The van der Waals surface area contributed by atoms with Crippen molar-refractivity contribution in [3.63, 3.8) is 0 Å². The lowest BCUT2D eigenvalue weighted by Gasteiger charge is -2.17. The highest BCUT2D eigenvalue weighted by Gasteiger charge is 2.32. The summed E-state index contributed by atoms with van der Waals surface area (Å²) in [4.78, 5) is 0.428. The fourth-order valence-electron chi connectivity index (χ4n) is 2.55. The molecule has 1 aliphatic rings. The Kier molecular flexibility index (Phi) is 4.60. The molecule has 1 aromatic rings. The summed E-state index contributed by atoms with van der Waals surface area (Å²) >= 11 is 0. The Balaban J connectivity index is 2.18. The Labute approximate surface area is 115 Å². The zero-order valence-corrected chi connectivity index (χ0v) is 12.4. The molecule has 0 aliphatic carbocycles. The maximum absolute atomic E-state index is 12.6. The molecule has 1 N–H and O–H groups in total. The van der Waals surface area contributed by atoms with E-state index in [4.69, 9.17) is 0 Å². The molecule has 1 fully saturated rings. The SMILES string of the molecule is CCc1cccc(S(=O)(=O)N2CCC(CNC)C2)c1. The summed E-state index contributed by atoms with van der Waals surface area (Å²) in [5, 5.41) is 3.12. The Morgan fingerprint density at radius 2 is 2.21 bits per heavy atom. The van der Waals surface area contributed by atoms with Crippen LogP contribution in [0, 0.1) is 5.92 Å². The van der Waals surface area contributed by atoms with E-state index in [2.05, 4.69) is 5.32 Å². The van der Waals surface area contributed by atoms with E-state index in [1.165, 1.54) is 0 Å². The van der Waals surface area contributed by atoms with E-state index in [1.54, 1.807) is 16.4 Å². The van der Waals surface area contributed by atoms with E-state index in [0.29, 0.717) is 23.9 Å². The average molecular weight is 282 g/mol. The molecule has 0 bridgehead atoms. The van der Waals surface area contributed by atoms with Crippen LogP contribution in [0.2, 0.25) is 0 Å². The van der Waals surface area contributed by atoms with E-state index in [0.717, 1.165) is 24.9 Å². The molecule has 1 atom stereocenters. The van der Waals surface area contributed by atoms with Crippen molar-refractivity contribution < 1.29 is 8.42 Å². The van der Waals surface area contributed by atoms with E-state index >= 15 is 0 Å². The van der Waals surface area contributed by atoms with Gasteiger partial charge in [-0.3, -0.25) is 0 Å². The molecule has 0 aromatic heterocycles. The molecule has 19 heavy (non-hydrogen) atoms. The summed E-state index contributed by atoms with van der Waals surface area (Å²) in [6.45, 7) is 4.16. The number of hydrogen-bond acceptors (Lipinski definition) is 3. The van der Waals surface area contributed by atoms with Crippen molar-refractivity contribution in [2.75, 3.05) is 26.7 Å². The predicted octanol–water partition coefficient (Wildman–Crippen LogP) is 1.48. The van der Waals surface area contributed by atoms with E-state index < -0.39 is 10.0 Å². The van der Waals surface area contributed by atoms with Crippen LogP contribution in [0.1, 0.15) is 18.9 Å². The molecule has 0 radical (unpaired) electrons. The second-order valence-electron chi connectivity index (χ2n) is 5.08. The van der Waals surface area contributed by atoms with Crippen LogP contribution in [0.3, 0.4) is 0 Å². The maximum atomic E-state index is 12.6. The number of aryl methyl sites for hydroxylation is 1. The van der Waals surface area contributed by atoms with Gasteiger partial charge in [0, 0.05) is 13.1 Å². The highest BCUT2D eigenvalue weighted by molar-refractivity contribution is 7.89. The van der Waals surface area contributed by atoms with Gasteiger partial charge in [-0.25, -0.2) is 8.42 Å². The first kappa shape index (κ1) is 14.5. The molecule has 0 saturated carbocycles. The number of nitrogens with one attached hydrogen (secondary N) is 1. The quantitative estimate of drug-likeness (QED) is 0.890. The zero-order chi connectivity index (χ0) is 13.9. The fraction of sp³-hybridized carbons (Fsp3) is 0.571. The Morgan fingerprint density at radius 3 is 2.89 bits per heavy atom. The highest BCUT2D eigenvalue weighted by Crippen LogP contribution is 2.24. The van der Waals surface area contributed by atoms with Crippen molar-refractivity contribution in [2.24, 2.45) is 5.92 Å². The smallest absolute Gasteiger partial charge is 0.243 e. The van der Waals surface area contributed by atoms with Crippen molar-refractivity contribution in [2.45, 2.75) is 24.7 Å². The average Bonchev–Trinajstić information content (AvgIpc) is 2.88. The molecule has 4 nitrogen and oxygen atoms in total. The Hall–Kier alpha value is -0.910. The summed E-state index contributed by atoms with van der Waals surface area (Å²) in [6, 6.07) is 7.28. The van der Waals surface area contributed by atoms with Gasteiger partial charge in [0.2, 0.25) is 10.0 Å². The molecule has 1 aromatic carbocycles. The summed E-state index contributed by atoms with van der Waals surface area (Å²) in [5.41, 5.74) is 1.06. The largest absolute Gasteiger partial charge is 0.319 e. The van der Waals surface area contributed by atoms with Crippen molar-refractivity contribution in [3.05, 3.63) is 29.8 Å². The first-order valence-electron chi connectivity index (χ1n) is 6.81. The van der Waals surface area contributed by atoms with Crippen molar-refractivity contribution in [1.82, 2.24) is 9.62 Å². The third-order valence-corrected chi connectivity index (χ3v) is 5.55. The standard InChI is InChI=1S/C14H22N2O2S/c1-3-12-5-4-6-14(9-12)19(17,18)16-8-7-13(11-16)10-15-2/h4-6,9,13,15H,3,7-8,10-11H2,1-2H3. The zero-order valence-electron chi connectivity index (χ0n) is 11.6. The second kappa shape index (κ2) is 6.03. The molecule has 106 valence electrons. The second-order valence-corrected chi connectivity index (χ2v) is 7.01. The molecule has 0 spiro atoms. The molecular formula is C14H22N2O2S. The van der Waals surface area contributed by atoms with Crippen molar-refractivity contribution in [1.29, 1.82) is 0 Å². The molecule has 1 saturated heterocycles. The lowest BCUT2D eigenvalue weighted by molar-refractivity contribution is 0.451. The predicted molar refractivity (Wildman–Crippen MR) is 76.6 cm³/mol. The number of rotatable bonds is 5. The van der Waals surface area contributed by atoms with Gasteiger partial charge in [0.25, 0.3) is 0 Å². The summed E-state index contributed by atoms with van der Waals surface area (Å²) in [5.74, 6) is 0.425. The van der Waals surface area contributed by atoms with Crippen LogP contribution >= 0.6 is 0 Å². The van der Waals surface area contributed by atoms with Gasteiger partial charge >= 0.3 is 0 Å². The fourth-order valence-corrected chi connectivity index (χ4v) is 4.15. The Bertz CT molecular complexity index is 528. The van der Waals surface area contributed by atoms with Gasteiger partial charge in [-0.15, -0.1) is 0 Å². The van der Waals surface area contributed by atoms with Crippen LogP contribution in [-0.4, -0.2) is 39.4 Å². The monoisotopic (exact) mass is 282 g/mol. The molecule has 1 unspecified atom stereocenters. The van der Waals surface area contributed by atoms with Crippen LogP contribution in [0.4, 0.5) is 0 Å². The van der Waals surface area contributed by atoms with E-state index in [-0.39, 0.29) is 0 Å². The van der Waals surface area contributed by atoms with Gasteiger partial charge < -0.3 is 5.32 Å². The summed E-state index contributed by atoms with van der Waals surface area (Å²) in [7, 11) is -1.41. The van der Waals surface area contributed by atoms with Crippen LogP contribution < -0.4 is 5.32 Å². The number of nitrogens with zero attached hydrogens (tertiary/aromatic N) is 1. The van der Waals surface area contributed by atoms with Crippen LogP contribution in [0.5, 0.6) is 0 Å². The van der Waals surface area contributed by atoms with Crippen LogP contribution in [0.15, 0.2) is 29.2 Å². The van der Waals surface area contributed by atoms with E-state index in [1.807, 2.05) is 26.1 Å². The lowest BCUT2D eigenvalue weighted by Crippen LogP contribution is -2.30. The van der Waals surface area contributed by atoms with Gasteiger partial charge in [0.15, 0.2) is 0 Å². The summed E-state index contributed by atoms with van der Waals surface area (Å²) in [6.07, 6.45) is 1.79. The lowest BCUT2D eigenvalue weighted by atomic mass is 10.1. The number of hydrogen-bond donors (Lipinski definition) is 1. The maximum Gasteiger partial charge on any atom is 0.243 e. The minimum atomic E-state index is -3.32. The summed E-state index contributed by atoms with van der Waals surface area (Å²) < 4.78 is 26.7. The molecule has 1 aliphatic heterocycles. The third-order valence-electron chi connectivity index (χ3n) is 3.69. The van der Waals surface area contributed by atoms with Crippen LogP contribution in [-0.2, 0) is 16.4 Å². The normalized spacial score (nSPS) is 20.8. The Morgan fingerprint density at radius 1 is 1.42 bits per heavy atom. The molecular weight excluding hydrogens is 260 g/mol.